The summed E-state index contributed by atoms with van der Waals surface area (Å²) in [6.45, 7) is 11.9. The van der Waals surface area contributed by atoms with E-state index in [2.05, 4.69) is 55.0 Å². The molecule has 1 aromatic rings. The Labute approximate surface area is 124 Å². The third kappa shape index (κ3) is 6.38. The van der Waals surface area contributed by atoms with E-state index >= 15 is 0 Å². The average Bonchev–Trinajstić information content (AvgIpc) is 2.46. The molecule has 20 heavy (non-hydrogen) atoms. The van der Waals surface area contributed by atoms with E-state index in [0.717, 1.165) is 25.5 Å². The van der Waals surface area contributed by atoms with Crippen molar-refractivity contribution in [3.8, 4) is 0 Å². The summed E-state index contributed by atoms with van der Waals surface area (Å²) in [5, 5.41) is 3.43. The van der Waals surface area contributed by atoms with E-state index in [1.54, 1.807) is 0 Å². The molecule has 0 aliphatic rings. The predicted molar refractivity (Wildman–Crippen MR) is 88.2 cm³/mol. The summed E-state index contributed by atoms with van der Waals surface area (Å²) < 4.78 is 0. The van der Waals surface area contributed by atoms with Crippen LogP contribution in [0, 0.1) is 0 Å². The molecule has 0 aliphatic carbocycles. The minimum atomic E-state index is 0.514. The fourth-order valence-corrected chi connectivity index (χ4v) is 2.07. The Morgan fingerprint density at radius 2 is 1.75 bits per heavy atom. The SMILES string of the molecule is CCCCN(CCCC)c1ccc(CNC(C)C)cn1. The van der Waals surface area contributed by atoms with Gasteiger partial charge in [-0.3, -0.25) is 0 Å². The highest BCUT2D eigenvalue weighted by atomic mass is 15.2. The predicted octanol–water partition coefficient (Wildman–Crippen LogP) is 3.99. The lowest BCUT2D eigenvalue weighted by molar-refractivity contribution is 0.587. The minimum Gasteiger partial charge on any atom is -0.357 e. The fourth-order valence-electron chi connectivity index (χ4n) is 2.07. The number of pyridine rings is 1. The zero-order valence-electron chi connectivity index (χ0n) is 13.7. The van der Waals surface area contributed by atoms with Gasteiger partial charge in [0.05, 0.1) is 0 Å². The monoisotopic (exact) mass is 277 g/mol. The number of hydrogen-bond acceptors (Lipinski definition) is 3. The van der Waals surface area contributed by atoms with E-state index in [1.807, 2.05) is 6.20 Å². The average molecular weight is 277 g/mol. The third-order valence-corrected chi connectivity index (χ3v) is 3.41. The van der Waals surface area contributed by atoms with Gasteiger partial charge in [-0.1, -0.05) is 46.6 Å². The molecule has 1 heterocycles. The Morgan fingerprint density at radius 3 is 2.20 bits per heavy atom. The van der Waals surface area contributed by atoms with Crippen molar-refractivity contribution in [1.29, 1.82) is 0 Å². The van der Waals surface area contributed by atoms with Crippen LogP contribution < -0.4 is 10.2 Å². The summed E-state index contributed by atoms with van der Waals surface area (Å²) in [6, 6.07) is 4.88. The number of hydrogen-bond donors (Lipinski definition) is 1. The Bertz CT molecular complexity index is 338. The van der Waals surface area contributed by atoms with Crippen LogP contribution in [0.25, 0.3) is 0 Å². The highest BCUT2D eigenvalue weighted by Gasteiger charge is 2.07. The molecular weight excluding hydrogens is 246 g/mol. The Hall–Kier alpha value is -1.09. The molecule has 0 aliphatic heterocycles. The number of unbranched alkanes of at least 4 members (excludes halogenated alkanes) is 2. The van der Waals surface area contributed by atoms with Crippen molar-refractivity contribution in [3.63, 3.8) is 0 Å². The van der Waals surface area contributed by atoms with Crippen molar-refractivity contribution in [2.75, 3.05) is 18.0 Å². The lowest BCUT2D eigenvalue weighted by Gasteiger charge is -2.23. The summed E-state index contributed by atoms with van der Waals surface area (Å²) in [6.07, 6.45) is 6.96. The molecule has 1 aromatic heterocycles. The van der Waals surface area contributed by atoms with Gasteiger partial charge in [0.25, 0.3) is 0 Å². The summed E-state index contributed by atoms with van der Waals surface area (Å²) in [5.41, 5.74) is 1.26. The molecule has 3 heteroatoms. The Kier molecular flexibility index (Phi) is 8.28. The largest absolute Gasteiger partial charge is 0.357 e. The van der Waals surface area contributed by atoms with Crippen molar-refractivity contribution < 1.29 is 0 Å². The molecule has 0 saturated carbocycles. The van der Waals surface area contributed by atoms with Crippen molar-refractivity contribution in [3.05, 3.63) is 23.9 Å². The highest BCUT2D eigenvalue weighted by Crippen LogP contribution is 2.13. The third-order valence-electron chi connectivity index (χ3n) is 3.41. The quantitative estimate of drug-likeness (QED) is 0.701. The van der Waals surface area contributed by atoms with Crippen molar-refractivity contribution >= 4 is 5.82 Å². The van der Waals surface area contributed by atoms with Crippen LogP contribution in [0.3, 0.4) is 0 Å². The van der Waals surface area contributed by atoms with E-state index < -0.39 is 0 Å². The lowest BCUT2D eigenvalue weighted by atomic mass is 10.2. The Morgan fingerprint density at radius 1 is 1.10 bits per heavy atom. The molecule has 114 valence electrons. The van der Waals surface area contributed by atoms with Crippen LogP contribution in [0.1, 0.15) is 58.9 Å². The lowest BCUT2D eigenvalue weighted by Crippen LogP contribution is -2.26. The molecule has 0 atom stereocenters. The first-order valence-corrected chi connectivity index (χ1v) is 8.10. The van der Waals surface area contributed by atoms with Gasteiger partial charge < -0.3 is 10.2 Å². The molecule has 0 aromatic carbocycles. The smallest absolute Gasteiger partial charge is 0.128 e. The number of nitrogens with zero attached hydrogens (tertiary/aromatic N) is 2. The van der Waals surface area contributed by atoms with Crippen LogP contribution in [-0.4, -0.2) is 24.1 Å². The fraction of sp³-hybridized carbons (Fsp3) is 0.706. The second kappa shape index (κ2) is 9.76. The Balaban J connectivity index is 2.61. The normalized spacial score (nSPS) is 11.1. The van der Waals surface area contributed by atoms with Crippen LogP contribution in [0.5, 0.6) is 0 Å². The highest BCUT2D eigenvalue weighted by molar-refractivity contribution is 5.39. The number of aromatic nitrogens is 1. The second-order valence-corrected chi connectivity index (χ2v) is 5.75. The van der Waals surface area contributed by atoms with Gasteiger partial charge in [0, 0.05) is 31.9 Å². The molecule has 1 N–H and O–H groups in total. The number of rotatable bonds is 10. The second-order valence-electron chi connectivity index (χ2n) is 5.75. The molecule has 0 unspecified atom stereocenters. The summed E-state index contributed by atoms with van der Waals surface area (Å²) >= 11 is 0. The molecule has 1 rings (SSSR count). The molecule has 3 nitrogen and oxygen atoms in total. The van der Waals surface area contributed by atoms with E-state index in [0.29, 0.717) is 6.04 Å². The van der Waals surface area contributed by atoms with Gasteiger partial charge in [-0.2, -0.15) is 0 Å². The molecule has 0 radical (unpaired) electrons. The van der Waals surface area contributed by atoms with E-state index in [9.17, 15) is 0 Å². The van der Waals surface area contributed by atoms with Crippen molar-refractivity contribution in [2.45, 2.75) is 66.0 Å². The maximum absolute atomic E-state index is 4.65. The maximum atomic E-state index is 4.65. The van der Waals surface area contributed by atoms with Crippen molar-refractivity contribution in [1.82, 2.24) is 10.3 Å². The maximum Gasteiger partial charge on any atom is 0.128 e. The molecule has 0 amide bonds. The zero-order valence-corrected chi connectivity index (χ0v) is 13.7. The molecule has 0 fully saturated rings. The molecule has 0 bridgehead atoms. The van der Waals surface area contributed by atoms with Crippen LogP contribution >= 0.6 is 0 Å². The van der Waals surface area contributed by atoms with Gasteiger partial charge in [0.15, 0.2) is 0 Å². The van der Waals surface area contributed by atoms with Crippen LogP contribution in [0.15, 0.2) is 18.3 Å². The van der Waals surface area contributed by atoms with E-state index in [-0.39, 0.29) is 0 Å². The topological polar surface area (TPSA) is 28.2 Å². The van der Waals surface area contributed by atoms with Crippen LogP contribution in [-0.2, 0) is 6.54 Å². The number of nitrogens with one attached hydrogen (secondary N) is 1. The zero-order chi connectivity index (χ0) is 14.8. The van der Waals surface area contributed by atoms with Gasteiger partial charge in [0.1, 0.15) is 5.82 Å². The van der Waals surface area contributed by atoms with Gasteiger partial charge in [-0.05, 0) is 24.5 Å². The molecule has 0 spiro atoms. The first kappa shape index (κ1) is 17.0. The number of anilines is 1. The molecule has 0 saturated heterocycles. The first-order valence-electron chi connectivity index (χ1n) is 8.10. The summed E-state index contributed by atoms with van der Waals surface area (Å²) in [7, 11) is 0. The van der Waals surface area contributed by atoms with Gasteiger partial charge in [-0.25, -0.2) is 4.98 Å². The molecular formula is C17H31N3. The van der Waals surface area contributed by atoms with Crippen molar-refractivity contribution in [2.24, 2.45) is 0 Å². The van der Waals surface area contributed by atoms with E-state index in [1.165, 1.54) is 31.2 Å². The van der Waals surface area contributed by atoms with Crippen LogP contribution in [0.4, 0.5) is 5.82 Å². The van der Waals surface area contributed by atoms with E-state index in [4.69, 9.17) is 0 Å². The summed E-state index contributed by atoms with van der Waals surface area (Å²) in [4.78, 5) is 7.07. The van der Waals surface area contributed by atoms with Gasteiger partial charge in [0.2, 0.25) is 0 Å². The van der Waals surface area contributed by atoms with Crippen LogP contribution in [0.2, 0.25) is 0 Å². The van der Waals surface area contributed by atoms with Gasteiger partial charge in [-0.15, -0.1) is 0 Å². The summed E-state index contributed by atoms with van der Waals surface area (Å²) in [5.74, 6) is 1.13. The minimum absolute atomic E-state index is 0.514. The standard InChI is InChI=1S/C17H31N3/c1-5-7-11-20(12-8-6-2)17-10-9-16(14-19-17)13-18-15(3)4/h9-10,14-15,18H,5-8,11-13H2,1-4H3. The first-order chi connectivity index (χ1) is 9.67. The van der Waals surface area contributed by atoms with Gasteiger partial charge >= 0.3 is 0 Å².